The summed E-state index contributed by atoms with van der Waals surface area (Å²) in [6.45, 7) is 17.6. The zero-order chi connectivity index (χ0) is 62.3. The molecule has 15 N–H and O–H groups in total. The number of carbonyl (C=O) groups is 1. The highest BCUT2D eigenvalue weighted by Gasteiger charge is 2.73. The first-order chi connectivity index (χ1) is 39.6. The second-order valence-corrected chi connectivity index (χ2v) is 28.7. The molecule has 9 fully saturated rings. The van der Waals surface area contributed by atoms with Crippen molar-refractivity contribution in [3.8, 4) is 0 Å². The first-order valence-electron chi connectivity index (χ1n) is 30.5. The largest absolute Gasteiger partial charge is 0.432 e. The Morgan fingerprint density at radius 1 is 0.529 bits per heavy atom. The van der Waals surface area contributed by atoms with E-state index in [1.807, 2.05) is 6.92 Å². The van der Waals surface area contributed by atoms with E-state index in [1.165, 1.54) is 20.8 Å². The average Bonchev–Trinajstić information content (AvgIpc) is 0.676. The summed E-state index contributed by atoms with van der Waals surface area (Å²) in [6.07, 6.45) is -35.2. The first kappa shape index (κ1) is 66.2. The number of hydrogen-bond acceptors (Lipinski definition) is 26. The van der Waals surface area contributed by atoms with Crippen molar-refractivity contribution in [1.29, 1.82) is 0 Å². The molecule has 0 aromatic heterocycles. The van der Waals surface area contributed by atoms with Crippen molar-refractivity contribution in [3.63, 3.8) is 0 Å². The summed E-state index contributed by atoms with van der Waals surface area (Å²) in [5, 5.41) is 168. The van der Waals surface area contributed by atoms with Crippen LogP contribution in [0.25, 0.3) is 0 Å². The van der Waals surface area contributed by atoms with Gasteiger partial charge in [0, 0.05) is 5.41 Å². The number of aliphatic hydroxyl groups is 15. The van der Waals surface area contributed by atoms with E-state index in [4.69, 9.17) is 47.4 Å². The van der Waals surface area contributed by atoms with Gasteiger partial charge in [-0.05, 0) is 118 Å². The lowest BCUT2D eigenvalue weighted by Gasteiger charge is -2.72. The minimum atomic E-state index is -1.98. The van der Waals surface area contributed by atoms with E-state index in [9.17, 15) is 76.6 Å². The molecule has 35 atom stereocenters. The fourth-order valence-corrected chi connectivity index (χ4v) is 17.8. The van der Waals surface area contributed by atoms with Crippen LogP contribution in [0.15, 0.2) is 11.6 Å². The van der Waals surface area contributed by atoms with E-state index < -0.39 is 211 Å². The Bertz CT molecular complexity index is 2400. The predicted octanol–water partition coefficient (Wildman–Crippen LogP) is -2.55. The second kappa shape index (κ2) is 23.7. The lowest BCUT2D eigenvalue weighted by Crippen LogP contribution is -2.70. The maximum Gasteiger partial charge on any atom is 0.317 e. The molecule has 5 saturated heterocycles. The van der Waals surface area contributed by atoms with Gasteiger partial charge >= 0.3 is 5.97 Å². The molecule has 0 bridgehead atoms. The predicted molar refractivity (Wildman–Crippen MR) is 288 cm³/mol. The van der Waals surface area contributed by atoms with Crippen molar-refractivity contribution in [1.82, 2.24) is 0 Å². The van der Waals surface area contributed by atoms with Crippen molar-refractivity contribution in [3.05, 3.63) is 11.6 Å². The third kappa shape index (κ3) is 10.7. The molecule has 0 aromatic rings. The molecule has 10 rings (SSSR count). The molecule has 26 heteroatoms. The Kier molecular flexibility index (Phi) is 18.5. The van der Waals surface area contributed by atoms with Gasteiger partial charge in [0.1, 0.15) is 90.9 Å². The molecule has 488 valence electrons. The molecule has 4 saturated carbocycles. The molecule has 0 aromatic carbocycles. The molecule has 85 heavy (non-hydrogen) atoms. The van der Waals surface area contributed by atoms with Crippen LogP contribution in [-0.4, -0.2) is 262 Å². The fraction of sp³-hybridized carbons (Fsp3) is 0.949. The summed E-state index contributed by atoms with van der Waals surface area (Å²) in [7, 11) is 0. The van der Waals surface area contributed by atoms with Gasteiger partial charge in [-0.25, -0.2) is 0 Å². The van der Waals surface area contributed by atoms with Crippen LogP contribution in [0.1, 0.15) is 121 Å². The molecule has 5 heterocycles. The van der Waals surface area contributed by atoms with Crippen LogP contribution >= 0.6 is 0 Å². The minimum absolute atomic E-state index is 0.113. The summed E-state index contributed by atoms with van der Waals surface area (Å²) < 4.78 is 59.6. The smallest absolute Gasteiger partial charge is 0.317 e. The van der Waals surface area contributed by atoms with E-state index in [0.717, 1.165) is 5.57 Å². The SMILES string of the molecule is C[C@@H]1O[C@@H](O[C@@H]2[C@@H](O)[C@H](O[C@@H]3[C@@H](O)[C@@H](O)[C@H](O[C@H]4[C@H](OC(=O)[C@]56CCC(C)(C)C[C@H]5C5=CC[C@@H]7[C@@]8(C)C[C@H](O)[C@H](O[C@@H]9O[C@@H](C)[C@H](O)[C@@H](O)[C@H]9O)[C@@](C)(CO)[C@@H]8CC[C@@]7(C)[C@]5(C)C[C@@H]6O)O[C@H](C)[C@H](O)[C@@H]4O)O[C@H]3C)OC[C@H]2O)[C@H](O)[C@H](O)[C@H]1O. The van der Waals surface area contributed by atoms with E-state index >= 15 is 4.79 Å². The number of allylic oxidation sites excluding steroid dienone is 2. The highest BCUT2D eigenvalue weighted by atomic mass is 16.8. The minimum Gasteiger partial charge on any atom is -0.432 e. The van der Waals surface area contributed by atoms with Crippen molar-refractivity contribution in [2.45, 2.75) is 286 Å². The lowest BCUT2D eigenvalue weighted by atomic mass is 9.33. The number of rotatable bonds is 11. The van der Waals surface area contributed by atoms with Crippen LogP contribution < -0.4 is 0 Å². The third-order valence-corrected chi connectivity index (χ3v) is 23.1. The Morgan fingerprint density at radius 3 is 1.65 bits per heavy atom. The molecule has 5 aliphatic heterocycles. The molecule has 0 radical (unpaired) electrons. The molecule has 26 nitrogen and oxygen atoms in total. The van der Waals surface area contributed by atoms with E-state index in [1.54, 1.807) is 6.92 Å². The Balaban J connectivity index is 0.865. The second-order valence-electron chi connectivity index (χ2n) is 28.7. The molecule has 0 unspecified atom stereocenters. The summed E-state index contributed by atoms with van der Waals surface area (Å²) in [6, 6.07) is 0. The summed E-state index contributed by atoms with van der Waals surface area (Å²) in [5.41, 5.74) is -3.80. The van der Waals surface area contributed by atoms with Crippen LogP contribution in [0.5, 0.6) is 0 Å². The zero-order valence-corrected chi connectivity index (χ0v) is 50.2. The van der Waals surface area contributed by atoms with E-state index in [0.29, 0.717) is 32.1 Å². The number of esters is 1. The molecule has 0 amide bonds. The summed E-state index contributed by atoms with van der Waals surface area (Å²) >= 11 is 0. The number of fused-ring (bicyclic) bond motifs is 7. The number of hydrogen-bond donors (Lipinski definition) is 15. The topological polar surface area (TPSA) is 413 Å². The van der Waals surface area contributed by atoms with Gasteiger partial charge < -0.3 is 124 Å². The quantitative estimate of drug-likeness (QED) is 0.0575. The summed E-state index contributed by atoms with van der Waals surface area (Å²) in [4.78, 5) is 15.5. The van der Waals surface area contributed by atoms with Crippen molar-refractivity contribution >= 4 is 5.97 Å². The highest BCUT2D eigenvalue weighted by molar-refractivity contribution is 5.80. The molecule has 5 aliphatic carbocycles. The molecular formula is C59H96O26. The molecular weight excluding hydrogens is 1120 g/mol. The van der Waals surface area contributed by atoms with Crippen LogP contribution in [0, 0.1) is 50.2 Å². The Hall–Kier alpha value is -1.75. The number of ether oxygens (including phenoxy) is 10. The molecule has 0 spiro atoms. The maximum atomic E-state index is 15.5. The van der Waals surface area contributed by atoms with E-state index in [2.05, 4.69) is 40.7 Å². The standard InChI is InChI=1S/C59H96O26/c1-22-33(64)36(67)40(71)49(77-22)82-45-29(62)20-76-48(43(45)74)81-44-25(4)80-50(42(73)39(44)70)83-46-38(69)35(66)24(3)79-52(46)85-53(75)59-16-15-54(5,6)17-27(59)26-11-12-31-55(7)18-28(61)47(84-51-41(72)37(68)34(65)23(2)78-51)56(8,21-60)30(55)13-14-57(31,9)58(26,10)19-32(59)63/h11,22-25,27-52,60-74H,12-21H2,1-10H3/t22-,23-,24+,25-,27-,28-,29+,30+,31+,32-,33-,34-,35-,36+,37+,38-,39-,40+,41+,42+,43+,44-,45-,46+,47-,48-,49-,50-,51-,52-,55-,56-,57+,58+,59+/m0/s1. The average molecular weight is 1220 g/mol. The van der Waals surface area contributed by atoms with E-state index in [-0.39, 0.29) is 43.1 Å². The monoisotopic (exact) mass is 1220 g/mol. The first-order valence-corrected chi connectivity index (χ1v) is 30.5. The van der Waals surface area contributed by atoms with Crippen molar-refractivity contribution in [2.75, 3.05) is 13.2 Å². The fourth-order valence-electron chi connectivity index (χ4n) is 17.8. The number of aliphatic hydroxyl groups excluding tert-OH is 15. The Labute approximate surface area is 494 Å². The normalized spacial score (nSPS) is 57.0. The van der Waals surface area contributed by atoms with Gasteiger partial charge in [0.25, 0.3) is 0 Å². The van der Waals surface area contributed by atoms with Crippen LogP contribution in [-0.2, 0) is 52.2 Å². The van der Waals surface area contributed by atoms with Crippen molar-refractivity contribution < 1.29 is 129 Å². The van der Waals surface area contributed by atoms with Gasteiger partial charge in [0.2, 0.25) is 6.29 Å². The van der Waals surface area contributed by atoms with Crippen LogP contribution in [0.2, 0.25) is 0 Å². The zero-order valence-electron chi connectivity index (χ0n) is 50.2. The maximum absolute atomic E-state index is 15.5. The molecule has 10 aliphatic rings. The third-order valence-electron chi connectivity index (χ3n) is 23.1. The highest BCUT2D eigenvalue weighted by Crippen LogP contribution is 2.76. The Morgan fingerprint density at radius 2 is 1.05 bits per heavy atom. The van der Waals surface area contributed by atoms with Gasteiger partial charge in [-0.2, -0.15) is 0 Å². The van der Waals surface area contributed by atoms with Gasteiger partial charge in [-0.1, -0.05) is 53.2 Å². The van der Waals surface area contributed by atoms with Crippen LogP contribution in [0.4, 0.5) is 0 Å². The number of carbonyl (C=O) groups excluding carboxylic acids is 1. The van der Waals surface area contributed by atoms with Gasteiger partial charge in [0.15, 0.2) is 31.3 Å². The van der Waals surface area contributed by atoms with Gasteiger partial charge in [-0.3, -0.25) is 4.79 Å². The van der Waals surface area contributed by atoms with Crippen LogP contribution in [0.3, 0.4) is 0 Å². The summed E-state index contributed by atoms with van der Waals surface area (Å²) in [5.74, 6) is -1.74. The van der Waals surface area contributed by atoms with Gasteiger partial charge in [-0.15, -0.1) is 0 Å². The lowest BCUT2D eigenvalue weighted by molar-refractivity contribution is -0.380. The van der Waals surface area contributed by atoms with Crippen molar-refractivity contribution in [2.24, 2.45) is 50.2 Å². The van der Waals surface area contributed by atoms with Gasteiger partial charge in [0.05, 0.1) is 55.9 Å².